The molecule has 1 fully saturated rings. The van der Waals surface area contributed by atoms with Gasteiger partial charge in [-0.25, -0.2) is 9.78 Å². The van der Waals surface area contributed by atoms with Crippen LogP contribution in [0.25, 0.3) is 0 Å². The molecule has 0 spiro atoms. The number of thiophene rings is 1. The molecular weight excluding hydrogens is 308 g/mol. The minimum absolute atomic E-state index is 0.0439. The number of nitrogens with zero attached hydrogens (tertiary/aromatic N) is 3. The van der Waals surface area contributed by atoms with Gasteiger partial charge in [-0.2, -0.15) is 0 Å². The number of pyridine rings is 1. The van der Waals surface area contributed by atoms with Crippen molar-refractivity contribution in [2.75, 3.05) is 29.9 Å². The van der Waals surface area contributed by atoms with E-state index < -0.39 is 0 Å². The first-order chi connectivity index (χ1) is 11.3. The average molecular weight is 328 g/mol. The van der Waals surface area contributed by atoms with Gasteiger partial charge in [0.05, 0.1) is 11.9 Å². The van der Waals surface area contributed by atoms with E-state index in [9.17, 15) is 4.79 Å². The van der Waals surface area contributed by atoms with Crippen molar-refractivity contribution in [1.29, 1.82) is 0 Å². The molecule has 1 N–H and O–H groups in total. The third-order valence-electron chi connectivity index (χ3n) is 4.52. The molecule has 0 aromatic carbocycles. The van der Waals surface area contributed by atoms with Crippen LogP contribution >= 0.6 is 11.3 Å². The van der Waals surface area contributed by atoms with Crippen LogP contribution in [0, 0.1) is 0 Å². The summed E-state index contributed by atoms with van der Waals surface area (Å²) in [5.41, 5.74) is 2.04. The molecule has 2 aliphatic heterocycles. The fourth-order valence-electron chi connectivity index (χ4n) is 3.22. The van der Waals surface area contributed by atoms with Crippen molar-refractivity contribution in [3.63, 3.8) is 0 Å². The molecule has 0 aliphatic carbocycles. The van der Waals surface area contributed by atoms with Gasteiger partial charge < -0.3 is 15.1 Å². The maximum atomic E-state index is 12.4. The van der Waals surface area contributed by atoms with E-state index in [0.29, 0.717) is 6.54 Å². The Balaban J connectivity index is 1.39. The molecular formula is C17H20N4OS. The van der Waals surface area contributed by atoms with Gasteiger partial charge in [0.15, 0.2) is 0 Å². The van der Waals surface area contributed by atoms with E-state index in [2.05, 4.69) is 26.6 Å². The molecule has 4 heterocycles. The Morgan fingerprint density at radius 1 is 1.17 bits per heavy atom. The number of carbonyl (C=O) groups is 1. The molecule has 1 saturated heterocycles. The monoisotopic (exact) mass is 328 g/mol. The number of nitrogens with one attached hydrogen (secondary N) is 1. The summed E-state index contributed by atoms with van der Waals surface area (Å²) in [4.78, 5) is 22.5. The van der Waals surface area contributed by atoms with Crippen molar-refractivity contribution >= 4 is 28.9 Å². The highest BCUT2D eigenvalue weighted by Gasteiger charge is 2.21. The first kappa shape index (κ1) is 14.5. The second kappa shape index (κ2) is 6.20. The lowest BCUT2D eigenvalue weighted by atomic mass is 10.1. The SMILES string of the molecule is O=C(Nc1ccc(N2CCCC2)nc1)N1CCc2sccc2C1. The van der Waals surface area contributed by atoms with Gasteiger partial charge in [-0.1, -0.05) is 0 Å². The molecule has 2 amide bonds. The molecule has 6 heteroatoms. The minimum atomic E-state index is -0.0439. The molecule has 0 saturated carbocycles. The Hall–Kier alpha value is -2.08. The summed E-state index contributed by atoms with van der Waals surface area (Å²) < 4.78 is 0. The predicted molar refractivity (Wildman–Crippen MR) is 93.1 cm³/mol. The lowest BCUT2D eigenvalue weighted by Gasteiger charge is -2.27. The van der Waals surface area contributed by atoms with E-state index in [1.807, 2.05) is 17.0 Å². The fourth-order valence-corrected chi connectivity index (χ4v) is 4.11. The average Bonchev–Trinajstić information content (AvgIpc) is 3.26. The largest absolute Gasteiger partial charge is 0.357 e. The number of amides is 2. The molecule has 2 aromatic heterocycles. The summed E-state index contributed by atoms with van der Waals surface area (Å²) in [5.74, 6) is 1.00. The van der Waals surface area contributed by atoms with Crippen LogP contribution < -0.4 is 10.2 Å². The van der Waals surface area contributed by atoms with Gasteiger partial charge in [0, 0.05) is 31.1 Å². The first-order valence-corrected chi connectivity index (χ1v) is 9.00. The Kier molecular flexibility index (Phi) is 3.91. The van der Waals surface area contributed by atoms with E-state index in [0.717, 1.165) is 37.6 Å². The zero-order chi connectivity index (χ0) is 15.6. The van der Waals surface area contributed by atoms with Crippen molar-refractivity contribution in [1.82, 2.24) is 9.88 Å². The Bertz CT molecular complexity index is 691. The molecule has 2 aliphatic rings. The lowest BCUT2D eigenvalue weighted by Crippen LogP contribution is -2.38. The molecule has 0 bridgehead atoms. The minimum Gasteiger partial charge on any atom is -0.357 e. The van der Waals surface area contributed by atoms with Crippen LogP contribution in [0.3, 0.4) is 0 Å². The molecule has 5 nitrogen and oxygen atoms in total. The van der Waals surface area contributed by atoms with Crippen LogP contribution in [0.2, 0.25) is 0 Å². The van der Waals surface area contributed by atoms with E-state index >= 15 is 0 Å². The van der Waals surface area contributed by atoms with Crippen LogP contribution in [-0.2, 0) is 13.0 Å². The Labute approximate surface area is 139 Å². The molecule has 4 rings (SSSR count). The molecule has 2 aromatic rings. The quantitative estimate of drug-likeness (QED) is 0.920. The second-order valence-electron chi connectivity index (χ2n) is 6.07. The number of hydrogen-bond donors (Lipinski definition) is 1. The van der Waals surface area contributed by atoms with Gasteiger partial charge in [-0.05, 0) is 48.4 Å². The topological polar surface area (TPSA) is 48.5 Å². The first-order valence-electron chi connectivity index (χ1n) is 8.12. The number of anilines is 2. The van der Waals surface area contributed by atoms with Gasteiger partial charge in [0.2, 0.25) is 0 Å². The van der Waals surface area contributed by atoms with E-state index in [-0.39, 0.29) is 6.03 Å². The van der Waals surface area contributed by atoms with Crippen molar-refractivity contribution in [3.8, 4) is 0 Å². The zero-order valence-corrected chi connectivity index (χ0v) is 13.8. The van der Waals surface area contributed by atoms with Crippen molar-refractivity contribution in [3.05, 3.63) is 40.2 Å². The summed E-state index contributed by atoms with van der Waals surface area (Å²) in [5, 5.41) is 5.07. The van der Waals surface area contributed by atoms with Crippen molar-refractivity contribution < 1.29 is 4.79 Å². The van der Waals surface area contributed by atoms with E-state index in [1.165, 1.54) is 23.3 Å². The summed E-state index contributed by atoms with van der Waals surface area (Å²) in [6.45, 7) is 3.63. The van der Waals surface area contributed by atoms with E-state index in [4.69, 9.17) is 0 Å². The van der Waals surface area contributed by atoms with Crippen molar-refractivity contribution in [2.24, 2.45) is 0 Å². The van der Waals surface area contributed by atoms with Gasteiger partial charge >= 0.3 is 6.03 Å². The normalized spacial score (nSPS) is 17.2. The standard InChI is InChI=1S/C17H20N4OS/c22-17(21-9-5-15-13(12-21)6-10-23-15)19-14-3-4-16(18-11-14)20-7-1-2-8-20/h3-4,6,10-11H,1-2,5,7-9,12H2,(H,19,22). The number of carbonyl (C=O) groups excluding carboxylic acids is 1. The summed E-state index contributed by atoms with van der Waals surface area (Å²) in [6, 6.07) is 6.01. The van der Waals surface area contributed by atoms with Gasteiger partial charge in [-0.3, -0.25) is 0 Å². The number of hydrogen-bond acceptors (Lipinski definition) is 4. The highest BCUT2D eigenvalue weighted by atomic mass is 32.1. The Morgan fingerprint density at radius 2 is 2.04 bits per heavy atom. The smallest absolute Gasteiger partial charge is 0.322 e. The predicted octanol–water partition coefficient (Wildman–Crippen LogP) is 3.33. The van der Waals surface area contributed by atoms with Crippen LogP contribution in [0.4, 0.5) is 16.3 Å². The number of rotatable bonds is 2. The van der Waals surface area contributed by atoms with Gasteiger partial charge in [-0.15, -0.1) is 11.3 Å². The highest BCUT2D eigenvalue weighted by Crippen LogP contribution is 2.25. The maximum Gasteiger partial charge on any atom is 0.322 e. The molecule has 0 atom stereocenters. The van der Waals surface area contributed by atoms with Crippen LogP contribution in [0.5, 0.6) is 0 Å². The number of aromatic nitrogens is 1. The zero-order valence-electron chi connectivity index (χ0n) is 13.0. The molecule has 23 heavy (non-hydrogen) atoms. The second-order valence-corrected chi connectivity index (χ2v) is 7.07. The van der Waals surface area contributed by atoms with Crippen molar-refractivity contribution in [2.45, 2.75) is 25.8 Å². The molecule has 0 unspecified atom stereocenters. The summed E-state index contributed by atoms with van der Waals surface area (Å²) in [6.07, 6.45) is 5.18. The van der Waals surface area contributed by atoms with Crippen LogP contribution in [0.1, 0.15) is 23.3 Å². The van der Waals surface area contributed by atoms with Crippen LogP contribution in [0.15, 0.2) is 29.8 Å². The maximum absolute atomic E-state index is 12.4. The third kappa shape index (κ3) is 3.03. The lowest BCUT2D eigenvalue weighted by molar-refractivity contribution is 0.207. The molecule has 0 radical (unpaired) electrons. The third-order valence-corrected chi connectivity index (χ3v) is 5.55. The number of urea groups is 1. The summed E-state index contributed by atoms with van der Waals surface area (Å²) in [7, 11) is 0. The van der Waals surface area contributed by atoms with Gasteiger partial charge in [0.1, 0.15) is 5.82 Å². The van der Waals surface area contributed by atoms with Gasteiger partial charge in [0.25, 0.3) is 0 Å². The fraction of sp³-hybridized carbons (Fsp3) is 0.412. The van der Waals surface area contributed by atoms with Crippen LogP contribution in [-0.4, -0.2) is 35.5 Å². The summed E-state index contributed by atoms with van der Waals surface area (Å²) >= 11 is 1.78. The highest BCUT2D eigenvalue weighted by molar-refractivity contribution is 7.10. The number of fused-ring (bicyclic) bond motifs is 1. The van der Waals surface area contributed by atoms with E-state index in [1.54, 1.807) is 17.5 Å². The Morgan fingerprint density at radius 3 is 2.83 bits per heavy atom. The molecule has 120 valence electrons.